The van der Waals surface area contributed by atoms with Gasteiger partial charge >= 0.3 is 0 Å². The van der Waals surface area contributed by atoms with Crippen molar-refractivity contribution in [2.45, 2.75) is 6.92 Å². The lowest BCUT2D eigenvalue weighted by atomic mass is 10.1. The van der Waals surface area contributed by atoms with Crippen LogP contribution in [0, 0.1) is 6.92 Å². The molecule has 2 rings (SSSR count). The fourth-order valence-electron chi connectivity index (χ4n) is 1.69. The maximum atomic E-state index is 5.94. The van der Waals surface area contributed by atoms with E-state index in [-0.39, 0.29) is 0 Å². The van der Waals surface area contributed by atoms with Crippen LogP contribution in [0.2, 0.25) is 5.02 Å². The molecule has 3 N–H and O–H groups in total. The maximum absolute atomic E-state index is 5.94. The van der Waals surface area contributed by atoms with E-state index in [0.29, 0.717) is 10.0 Å². The van der Waals surface area contributed by atoms with Crippen LogP contribution in [0.4, 0.5) is 11.5 Å². The van der Waals surface area contributed by atoms with Crippen molar-refractivity contribution < 1.29 is 0 Å². The van der Waals surface area contributed by atoms with Crippen LogP contribution in [-0.4, -0.2) is 14.8 Å². The zero-order valence-corrected chi connectivity index (χ0v) is 11.6. The van der Waals surface area contributed by atoms with E-state index in [1.165, 1.54) is 0 Å². The van der Waals surface area contributed by atoms with Crippen molar-refractivity contribution in [2.75, 3.05) is 5.32 Å². The van der Waals surface area contributed by atoms with Crippen molar-refractivity contribution in [1.29, 1.82) is 0 Å². The Labute approximate surface area is 116 Å². The van der Waals surface area contributed by atoms with Crippen LogP contribution in [0.3, 0.4) is 0 Å². The zero-order chi connectivity index (χ0) is 13.3. The van der Waals surface area contributed by atoms with Crippen LogP contribution in [0.25, 0.3) is 0 Å². The lowest BCUT2D eigenvalue weighted by Crippen LogP contribution is -2.12. The molecule has 4 nitrogen and oxygen atoms in total. The molecule has 18 heavy (non-hydrogen) atoms. The lowest BCUT2D eigenvalue weighted by molar-refractivity contribution is 0.765. The van der Waals surface area contributed by atoms with Crippen molar-refractivity contribution in [3.05, 3.63) is 40.5 Å². The average Bonchev–Trinajstić information content (AvgIpc) is 2.60. The zero-order valence-electron chi connectivity index (χ0n) is 10.1. The van der Waals surface area contributed by atoms with Gasteiger partial charge in [-0.2, -0.15) is 5.10 Å². The summed E-state index contributed by atoms with van der Waals surface area (Å²) in [4.78, 5) is 0.305. The number of benzene rings is 1. The molecule has 0 aliphatic rings. The number of rotatable bonds is 3. The van der Waals surface area contributed by atoms with E-state index >= 15 is 0 Å². The first-order valence-electron chi connectivity index (χ1n) is 5.34. The Morgan fingerprint density at radius 3 is 2.72 bits per heavy atom. The Hall–Kier alpha value is -1.59. The SMILES string of the molecule is Cc1cc(Nc2ccc(Cl)cc2C(N)=S)n(C)n1. The van der Waals surface area contributed by atoms with E-state index in [2.05, 4.69) is 10.4 Å². The first kappa shape index (κ1) is 12.9. The third kappa shape index (κ3) is 2.63. The highest BCUT2D eigenvalue weighted by molar-refractivity contribution is 7.80. The van der Waals surface area contributed by atoms with E-state index in [4.69, 9.17) is 29.6 Å². The lowest BCUT2D eigenvalue weighted by Gasteiger charge is -2.11. The summed E-state index contributed by atoms with van der Waals surface area (Å²) in [6.07, 6.45) is 0. The van der Waals surface area contributed by atoms with Gasteiger partial charge in [-0.15, -0.1) is 0 Å². The number of nitrogens with one attached hydrogen (secondary N) is 1. The van der Waals surface area contributed by atoms with Crippen molar-refractivity contribution in [3.63, 3.8) is 0 Å². The number of aryl methyl sites for hydroxylation is 2. The van der Waals surface area contributed by atoms with E-state index < -0.39 is 0 Å². The normalized spacial score (nSPS) is 10.4. The van der Waals surface area contributed by atoms with Crippen LogP contribution in [-0.2, 0) is 7.05 Å². The van der Waals surface area contributed by atoms with Gasteiger partial charge in [0.05, 0.1) is 5.69 Å². The molecule has 0 amide bonds. The maximum Gasteiger partial charge on any atom is 0.128 e. The topological polar surface area (TPSA) is 55.9 Å². The summed E-state index contributed by atoms with van der Waals surface area (Å²) >= 11 is 11.0. The minimum Gasteiger partial charge on any atom is -0.389 e. The second-order valence-electron chi connectivity index (χ2n) is 3.97. The van der Waals surface area contributed by atoms with E-state index in [1.807, 2.05) is 26.1 Å². The molecule has 0 aliphatic carbocycles. The van der Waals surface area contributed by atoms with Crippen molar-refractivity contribution in [2.24, 2.45) is 12.8 Å². The highest BCUT2D eigenvalue weighted by atomic mass is 35.5. The molecular weight excluding hydrogens is 268 g/mol. The first-order valence-corrected chi connectivity index (χ1v) is 6.13. The Bertz CT molecular complexity index is 606. The second kappa shape index (κ2) is 4.96. The molecule has 0 spiro atoms. The summed E-state index contributed by atoms with van der Waals surface area (Å²) < 4.78 is 1.76. The summed E-state index contributed by atoms with van der Waals surface area (Å²) in [7, 11) is 1.87. The highest BCUT2D eigenvalue weighted by Gasteiger charge is 2.09. The molecule has 0 saturated heterocycles. The van der Waals surface area contributed by atoms with Crippen molar-refractivity contribution >= 4 is 40.3 Å². The molecular formula is C12H13ClN4S. The minimum absolute atomic E-state index is 0.305. The van der Waals surface area contributed by atoms with Gasteiger partial charge in [0.1, 0.15) is 10.8 Å². The van der Waals surface area contributed by atoms with Gasteiger partial charge in [-0.3, -0.25) is 4.68 Å². The second-order valence-corrected chi connectivity index (χ2v) is 4.85. The number of aromatic nitrogens is 2. The molecule has 0 atom stereocenters. The van der Waals surface area contributed by atoms with Crippen LogP contribution < -0.4 is 11.1 Å². The van der Waals surface area contributed by atoms with Gasteiger partial charge in [-0.1, -0.05) is 23.8 Å². The molecule has 1 aromatic carbocycles. The van der Waals surface area contributed by atoms with E-state index in [1.54, 1.807) is 16.8 Å². The number of anilines is 2. The van der Waals surface area contributed by atoms with Crippen LogP contribution >= 0.6 is 23.8 Å². The van der Waals surface area contributed by atoms with Gasteiger partial charge in [0.25, 0.3) is 0 Å². The molecule has 1 aromatic heterocycles. The molecule has 94 valence electrons. The number of nitrogens with two attached hydrogens (primary N) is 1. The third-order valence-electron chi connectivity index (χ3n) is 2.51. The van der Waals surface area contributed by atoms with Gasteiger partial charge < -0.3 is 11.1 Å². The molecule has 0 bridgehead atoms. The fraction of sp³-hybridized carbons (Fsp3) is 0.167. The van der Waals surface area contributed by atoms with Crippen LogP contribution in [0.5, 0.6) is 0 Å². The predicted molar refractivity (Wildman–Crippen MR) is 78.6 cm³/mol. The van der Waals surface area contributed by atoms with Gasteiger partial charge in [0.15, 0.2) is 0 Å². The van der Waals surface area contributed by atoms with Crippen LogP contribution in [0.15, 0.2) is 24.3 Å². The molecule has 0 fully saturated rings. The van der Waals surface area contributed by atoms with Gasteiger partial charge in [0, 0.05) is 29.4 Å². The number of halogens is 1. The number of hydrogen-bond acceptors (Lipinski definition) is 3. The smallest absolute Gasteiger partial charge is 0.128 e. The Morgan fingerprint density at radius 1 is 1.44 bits per heavy atom. The van der Waals surface area contributed by atoms with Gasteiger partial charge in [0.2, 0.25) is 0 Å². The van der Waals surface area contributed by atoms with Gasteiger partial charge in [-0.05, 0) is 25.1 Å². The molecule has 0 radical (unpaired) electrons. The Kier molecular flexibility index (Phi) is 3.54. The summed E-state index contributed by atoms with van der Waals surface area (Å²) in [5.41, 5.74) is 8.16. The predicted octanol–water partition coefficient (Wildman–Crippen LogP) is 2.76. The van der Waals surface area contributed by atoms with Crippen molar-refractivity contribution in [3.8, 4) is 0 Å². The summed E-state index contributed by atoms with van der Waals surface area (Å²) in [6.45, 7) is 1.93. The van der Waals surface area contributed by atoms with E-state index in [0.717, 1.165) is 22.8 Å². The first-order chi connectivity index (χ1) is 8.47. The Morgan fingerprint density at radius 2 is 2.17 bits per heavy atom. The number of thiocarbonyl (C=S) groups is 1. The summed E-state index contributed by atoms with van der Waals surface area (Å²) in [6, 6.07) is 7.32. The molecule has 1 heterocycles. The van der Waals surface area contributed by atoms with Crippen LogP contribution in [0.1, 0.15) is 11.3 Å². The summed E-state index contributed by atoms with van der Waals surface area (Å²) in [5, 5.41) is 8.11. The molecule has 6 heteroatoms. The number of nitrogens with zero attached hydrogens (tertiary/aromatic N) is 2. The molecule has 2 aromatic rings. The fourth-order valence-corrected chi connectivity index (χ4v) is 2.04. The number of hydrogen-bond donors (Lipinski definition) is 2. The van der Waals surface area contributed by atoms with Gasteiger partial charge in [-0.25, -0.2) is 0 Å². The molecule has 0 aliphatic heterocycles. The third-order valence-corrected chi connectivity index (χ3v) is 2.97. The monoisotopic (exact) mass is 280 g/mol. The largest absolute Gasteiger partial charge is 0.389 e. The standard InChI is InChI=1S/C12H13ClN4S/c1-7-5-11(17(2)16-7)15-10-4-3-8(13)6-9(10)12(14)18/h3-6,15H,1-2H3,(H2,14,18). The highest BCUT2D eigenvalue weighted by Crippen LogP contribution is 2.24. The quantitative estimate of drug-likeness (QED) is 0.849. The minimum atomic E-state index is 0.305. The summed E-state index contributed by atoms with van der Waals surface area (Å²) in [5.74, 6) is 0.868. The van der Waals surface area contributed by atoms with E-state index in [9.17, 15) is 0 Å². The molecule has 0 saturated carbocycles. The molecule has 0 unspecified atom stereocenters. The van der Waals surface area contributed by atoms with Crippen molar-refractivity contribution in [1.82, 2.24) is 9.78 Å². The average molecular weight is 281 g/mol. The Balaban J connectivity index is 2.40.